The van der Waals surface area contributed by atoms with Gasteiger partial charge in [0.1, 0.15) is 9.84 Å². The van der Waals surface area contributed by atoms with E-state index in [2.05, 4.69) is 27.7 Å². The molecule has 0 aliphatic rings. The summed E-state index contributed by atoms with van der Waals surface area (Å²) in [6, 6.07) is 0. The Balaban J connectivity index is 4.38. The second-order valence-electron chi connectivity index (χ2n) is 5.29. The quantitative estimate of drug-likeness (QED) is 0.677. The van der Waals surface area contributed by atoms with Gasteiger partial charge in [0.05, 0.1) is 5.75 Å². The van der Waals surface area contributed by atoms with E-state index in [1.807, 2.05) is 0 Å². The first-order valence-electron chi connectivity index (χ1n) is 5.89. The fourth-order valence-corrected chi connectivity index (χ4v) is 2.54. The molecule has 0 aromatic carbocycles. The molecule has 0 saturated carbocycles. The van der Waals surface area contributed by atoms with Gasteiger partial charge in [-0.3, -0.25) is 0 Å². The summed E-state index contributed by atoms with van der Waals surface area (Å²) in [4.78, 5) is 0. The van der Waals surface area contributed by atoms with Gasteiger partial charge in [-0.05, 0) is 24.2 Å². The van der Waals surface area contributed by atoms with Gasteiger partial charge in [0.2, 0.25) is 0 Å². The van der Waals surface area contributed by atoms with Crippen LogP contribution < -0.4 is 0 Å². The van der Waals surface area contributed by atoms with Crippen molar-refractivity contribution in [2.45, 2.75) is 53.4 Å². The fraction of sp³-hybridized carbons (Fsp3) is 1.00. The van der Waals surface area contributed by atoms with E-state index < -0.39 is 9.84 Å². The molecular formula is C12H26O2S. The van der Waals surface area contributed by atoms with Crippen LogP contribution in [0, 0.1) is 11.3 Å². The van der Waals surface area contributed by atoms with E-state index in [0.29, 0.717) is 11.7 Å². The zero-order chi connectivity index (χ0) is 12.1. The Labute approximate surface area is 95.4 Å². The van der Waals surface area contributed by atoms with E-state index in [1.165, 1.54) is 19.1 Å². The third kappa shape index (κ3) is 6.18. The lowest BCUT2D eigenvalue weighted by molar-refractivity contribution is 0.186. The molecule has 0 rings (SSSR count). The molecule has 0 amide bonds. The van der Waals surface area contributed by atoms with Crippen LogP contribution in [0.2, 0.25) is 0 Å². The Hall–Kier alpha value is -0.0500. The van der Waals surface area contributed by atoms with Crippen molar-refractivity contribution < 1.29 is 8.42 Å². The van der Waals surface area contributed by atoms with Gasteiger partial charge in [-0.25, -0.2) is 8.42 Å². The van der Waals surface area contributed by atoms with Crippen LogP contribution in [-0.4, -0.2) is 20.4 Å². The summed E-state index contributed by atoms with van der Waals surface area (Å²) in [7, 11) is -2.82. The zero-order valence-electron chi connectivity index (χ0n) is 10.8. The molecule has 92 valence electrons. The highest BCUT2D eigenvalue weighted by atomic mass is 32.2. The molecule has 15 heavy (non-hydrogen) atoms. The van der Waals surface area contributed by atoms with Crippen molar-refractivity contribution in [3.63, 3.8) is 0 Å². The zero-order valence-corrected chi connectivity index (χ0v) is 11.7. The van der Waals surface area contributed by atoms with Gasteiger partial charge in [-0.15, -0.1) is 0 Å². The van der Waals surface area contributed by atoms with E-state index in [4.69, 9.17) is 0 Å². The molecule has 0 spiro atoms. The maximum Gasteiger partial charge on any atom is 0.147 e. The van der Waals surface area contributed by atoms with Gasteiger partial charge < -0.3 is 0 Å². The average Bonchev–Trinajstić information content (AvgIpc) is 2.10. The minimum Gasteiger partial charge on any atom is -0.229 e. The summed E-state index contributed by atoms with van der Waals surface area (Å²) >= 11 is 0. The summed E-state index contributed by atoms with van der Waals surface area (Å²) < 4.78 is 22.3. The first-order chi connectivity index (χ1) is 6.71. The van der Waals surface area contributed by atoms with Gasteiger partial charge in [0.25, 0.3) is 0 Å². The second kappa shape index (κ2) is 5.88. The highest BCUT2D eigenvalue weighted by Gasteiger charge is 2.28. The van der Waals surface area contributed by atoms with E-state index in [9.17, 15) is 8.42 Å². The van der Waals surface area contributed by atoms with Crippen LogP contribution in [-0.2, 0) is 9.84 Å². The first kappa shape index (κ1) is 14.9. The van der Waals surface area contributed by atoms with Gasteiger partial charge >= 0.3 is 0 Å². The number of hydrogen-bond acceptors (Lipinski definition) is 2. The standard InChI is InChI=1S/C12H26O2S/c1-6-7-8-12(4,11(2)3)9-10-15(5,13)14/h11H,6-10H2,1-5H3/t12-/m0/s1. The minimum absolute atomic E-state index is 0.180. The average molecular weight is 234 g/mol. The highest BCUT2D eigenvalue weighted by molar-refractivity contribution is 7.90. The molecule has 0 unspecified atom stereocenters. The summed E-state index contributed by atoms with van der Waals surface area (Å²) in [5, 5.41) is 0. The van der Waals surface area contributed by atoms with Gasteiger partial charge in [0.15, 0.2) is 0 Å². The summed E-state index contributed by atoms with van der Waals surface area (Å²) in [5.41, 5.74) is 0.180. The molecule has 0 aliphatic carbocycles. The molecule has 3 heteroatoms. The van der Waals surface area contributed by atoms with E-state index in [1.54, 1.807) is 0 Å². The van der Waals surface area contributed by atoms with Gasteiger partial charge in [0, 0.05) is 6.26 Å². The normalized spacial score (nSPS) is 16.7. The first-order valence-corrected chi connectivity index (χ1v) is 7.95. The maximum atomic E-state index is 11.2. The maximum absolute atomic E-state index is 11.2. The molecule has 0 aliphatic heterocycles. The van der Waals surface area contributed by atoms with Crippen LogP contribution in [0.1, 0.15) is 53.4 Å². The van der Waals surface area contributed by atoms with Crippen molar-refractivity contribution in [2.24, 2.45) is 11.3 Å². The van der Waals surface area contributed by atoms with E-state index >= 15 is 0 Å². The Morgan fingerprint density at radius 2 is 1.73 bits per heavy atom. The topological polar surface area (TPSA) is 34.1 Å². The number of unbranched alkanes of at least 4 members (excludes halogenated alkanes) is 1. The number of hydrogen-bond donors (Lipinski definition) is 0. The van der Waals surface area contributed by atoms with Crippen molar-refractivity contribution in [1.82, 2.24) is 0 Å². The van der Waals surface area contributed by atoms with Crippen LogP contribution >= 0.6 is 0 Å². The molecule has 2 nitrogen and oxygen atoms in total. The monoisotopic (exact) mass is 234 g/mol. The smallest absolute Gasteiger partial charge is 0.147 e. The van der Waals surface area contributed by atoms with Crippen LogP contribution in [0.3, 0.4) is 0 Å². The summed E-state index contributed by atoms with van der Waals surface area (Å²) in [5.74, 6) is 0.872. The predicted molar refractivity (Wildman–Crippen MR) is 66.8 cm³/mol. The molecule has 0 heterocycles. The van der Waals surface area contributed by atoms with Gasteiger partial charge in [-0.2, -0.15) is 0 Å². The number of rotatable bonds is 7. The predicted octanol–water partition coefficient (Wildman–Crippen LogP) is 3.27. The Morgan fingerprint density at radius 1 is 1.20 bits per heavy atom. The Bertz CT molecular complexity index is 267. The lowest BCUT2D eigenvalue weighted by Gasteiger charge is -2.33. The number of sulfone groups is 1. The highest BCUT2D eigenvalue weighted by Crippen LogP contribution is 2.36. The van der Waals surface area contributed by atoms with Crippen LogP contribution in [0.5, 0.6) is 0 Å². The molecule has 0 bridgehead atoms. The second-order valence-corrected chi connectivity index (χ2v) is 7.55. The molecule has 0 fully saturated rings. The molecule has 0 aromatic rings. The lowest BCUT2D eigenvalue weighted by Crippen LogP contribution is -2.26. The molecule has 1 atom stereocenters. The Kier molecular flexibility index (Phi) is 5.86. The Morgan fingerprint density at radius 3 is 2.07 bits per heavy atom. The van der Waals surface area contributed by atoms with Crippen molar-refractivity contribution in [2.75, 3.05) is 12.0 Å². The van der Waals surface area contributed by atoms with Crippen LogP contribution in [0.15, 0.2) is 0 Å². The SMILES string of the molecule is CCCC[C@@](C)(CCS(C)(=O)=O)C(C)C. The third-order valence-corrected chi connectivity index (χ3v) is 4.48. The molecular weight excluding hydrogens is 208 g/mol. The molecule has 0 N–H and O–H groups in total. The molecule has 0 aromatic heterocycles. The summed E-state index contributed by atoms with van der Waals surface area (Å²) in [6.45, 7) is 8.78. The molecule has 0 radical (unpaired) electrons. The van der Waals surface area contributed by atoms with Crippen molar-refractivity contribution in [1.29, 1.82) is 0 Å². The van der Waals surface area contributed by atoms with Crippen LogP contribution in [0.25, 0.3) is 0 Å². The minimum atomic E-state index is -2.82. The fourth-order valence-electron chi connectivity index (χ4n) is 1.70. The van der Waals surface area contributed by atoms with Crippen LogP contribution in [0.4, 0.5) is 0 Å². The van der Waals surface area contributed by atoms with Crippen molar-refractivity contribution >= 4 is 9.84 Å². The largest absolute Gasteiger partial charge is 0.229 e. The lowest BCUT2D eigenvalue weighted by atomic mass is 9.73. The third-order valence-electron chi connectivity index (χ3n) is 3.54. The van der Waals surface area contributed by atoms with Crippen molar-refractivity contribution in [3.05, 3.63) is 0 Å². The molecule has 0 saturated heterocycles. The summed E-state index contributed by atoms with van der Waals surface area (Å²) in [6.07, 6.45) is 5.63. The van der Waals surface area contributed by atoms with Crippen molar-refractivity contribution in [3.8, 4) is 0 Å². The van der Waals surface area contributed by atoms with Gasteiger partial charge in [-0.1, -0.05) is 40.5 Å². The van der Waals surface area contributed by atoms with E-state index in [-0.39, 0.29) is 5.41 Å². The van der Waals surface area contributed by atoms with E-state index in [0.717, 1.165) is 12.8 Å².